The van der Waals surface area contributed by atoms with E-state index in [1.165, 1.54) is 16.8 Å². The number of rotatable bonds is 4. The van der Waals surface area contributed by atoms with Gasteiger partial charge in [0.15, 0.2) is 0 Å². The van der Waals surface area contributed by atoms with Crippen molar-refractivity contribution < 1.29 is 0 Å². The Morgan fingerprint density at radius 2 is 2.17 bits per heavy atom. The van der Waals surface area contributed by atoms with Gasteiger partial charge in [0, 0.05) is 17.2 Å². The number of aromatic nitrogens is 2. The molecule has 0 aliphatic rings. The molecular weight excluding hydrogens is 290 g/mol. The van der Waals surface area contributed by atoms with Crippen LogP contribution in [0.25, 0.3) is 0 Å². The normalized spacial score (nSPS) is 12.7. The molecule has 0 spiro atoms. The van der Waals surface area contributed by atoms with Crippen molar-refractivity contribution in [3.8, 4) is 0 Å². The van der Waals surface area contributed by atoms with Gasteiger partial charge < -0.3 is 5.32 Å². The lowest BCUT2D eigenvalue weighted by molar-refractivity contribution is 0.563. The van der Waals surface area contributed by atoms with Crippen LogP contribution in [-0.4, -0.2) is 16.8 Å². The summed E-state index contributed by atoms with van der Waals surface area (Å²) in [5.74, 6) is 0. The molecular formula is C14H18BrN3. The van der Waals surface area contributed by atoms with E-state index in [0.717, 1.165) is 11.0 Å². The maximum atomic E-state index is 4.33. The standard InChI is InChI=1S/C14H18BrN3/c1-4-18-13(7-8-17-18)14(16-3)11-6-5-10(2)12(15)9-11/h5-9,14,16H,4H2,1-3H3. The van der Waals surface area contributed by atoms with Crippen LogP contribution in [0.2, 0.25) is 0 Å². The van der Waals surface area contributed by atoms with E-state index in [4.69, 9.17) is 0 Å². The summed E-state index contributed by atoms with van der Waals surface area (Å²) in [6, 6.07) is 8.71. The Morgan fingerprint density at radius 1 is 1.39 bits per heavy atom. The smallest absolute Gasteiger partial charge is 0.0746 e. The van der Waals surface area contributed by atoms with Crippen LogP contribution in [0.3, 0.4) is 0 Å². The Kier molecular flexibility index (Phi) is 4.19. The Bertz CT molecular complexity index is 534. The molecule has 1 aromatic heterocycles. The second-order valence-electron chi connectivity index (χ2n) is 4.30. The maximum absolute atomic E-state index is 4.33. The van der Waals surface area contributed by atoms with Crippen molar-refractivity contribution in [2.24, 2.45) is 0 Å². The summed E-state index contributed by atoms with van der Waals surface area (Å²) in [6.07, 6.45) is 1.85. The average molecular weight is 308 g/mol. The molecule has 1 atom stereocenters. The van der Waals surface area contributed by atoms with E-state index in [2.05, 4.69) is 64.5 Å². The van der Waals surface area contributed by atoms with Gasteiger partial charge in [0.2, 0.25) is 0 Å². The number of benzene rings is 1. The predicted octanol–water partition coefficient (Wildman–Crippen LogP) is 3.28. The minimum Gasteiger partial charge on any atom is -0.308 e. The number of aryl methyl sites for hydroxylation is 2. The monoisotopic (exact) mass is 307 g/mol. The zero-order valence-electron chi connectivity index (χ0n) is 10.9. The van der Waals surface area contributed by atoms with Crippen molar-refractivity contribution >= 4 is 15.9 Å². The summed E-state index contributed by atoms with van der Waals surface area (Å²) in [6.45, 7) is 5.08. The number of nitrogens with one attached hydrogen (secondary N) is 1. The summed E-state index contributed by atoms with van der Waals surface area (Å²) in [5, 5.41) is 7.69. The summed E-state index contributed by atoms with van der Waals surface area (Å²) >= 11 is 3.59. The highest BCUT2D eigenvalue weighted by molar-refractivity contribution is 9.10. The summed E-state index contributed by atoms with van der Waals surface area (Å²) < 4.78 is 3.16. The maximum Gasteiger partial charge on any atom is 0.0746 e. The molecule has 18 heavy (non-hydrogen) atoms. The van der Waals surface area contributed by atoms with Gasteiger partial charge in [-0.3, -0.25) is 4.68 Å². The molecule has 0 saturated carbocycles. The summed E-state index contributed by atoms with van der Waals surface area (Å²) in [5.41, 5.74) is 3.68. The van der Waals surface area contributed by atoms with Gasteiger partial charge in [-0.05, 0) is 44.2 Å². The van der Waals surface area contributed by atoms with Crippen LogP contribution in [0, 0.1) is 6.92 Å². The largest absolute Gasteiger partial charge is 0.308 e. The SMILES string of the molecule is CCn1nccc1C(NC)c1ccc(C)c(Br)c1. The molecule has 0 bridgehead atoms. The zero-order chi connectivity index (χ0) is 13.1. The highest BCUT2D eigenvalue weighted by atomic mass is 79.9. The van der Waals surface area contributed by atoms with Crippen molar-refractivity contribution in [2.45, 2.75) is 26.4 Å². The molecule has 0 radical (unpaired) electrons. The third-order valence-corrected chi connectivity index (χ3v) is 4.02. The molecule has 96 valence electrons. The molecule has 4 heteroatoms. The second kappa shape index (κ2) is 5.67. The van der Waals surface area contributed by atoms with Crippen LogP contribution < -0.4 is 5.32 Å². The van der Waals surface area contributed by atoms with Gasteiger partial charge in [-0.15, -0.1) is 0 Å². The predicted molar refractivity (Wildman–Crippen MR) is 77.7 cm³/mol. The van der Waals surface area contributed by atoms with Gasteiger partial charge >= 0.3 is 0 Å². The fourth-order valence-corrected chi connectivity index (χ4v) is 2.52. The molecule has 1 N–H and O–H groups in total. The van der Waals surface area contributed by atoms with Gasteiger partial charge in [0.1, 0.15) is 0 Å². The van der Waals surface area contributed by atoms with Gasteiger partial charge in [0.25, 0.3) is 0 Å². The van der Waals surface area contributed by atoms with Crippen LogP contribution in [0.15, 0.2) is 34.9 Å². The number of hydrogen-bond donors (Lipinski definition) is 1. The Balaban J connectivity index is 2.42. The van der Waals surface area contributed by atoms with Crippen LogP contribution in [0.1, 0.15) is 29.8 Å². The van der Waals surface area contributed by atoms with Crippen LogP contribution >= 0.6 is 15.9 Å². The fourth-order valence-electron chi connectivity index (χ4n) is 2.13. The van der Waals surface area contributed by atoms with E-state index in [-0.39, 0.29) is 6.04 Å². The molecule has 3 nitrogen and oxygen atoms in total. The fraction of sp³-hybridized carbons (Fsp3) is 0.357. The van der Waals surface area contributed by atoms with Crippen LogP contribution in [0.5, 0.6) is 0 Å². The van der Waals surface area contributed by atoms with Crippen molar-refractivity contribution in [3.63, 3.8) is 0 Å². The number of nitrogens with zero attached hydrogens (tertiary/aromatic N) is 2. The Labute approximate surface area is 116 Å². The van der Waals surface area contributed by atoms with E-state index in [9.17, 15) is 0 Å². The summed E-state index contributed by atoms with van der Waals surface area (Å²) in [4.78, 5) is 0. The average Bonchev–Trinajstić information content (AvgIpc) is 2.83. The molecule has 0 saturated heterocycles. The van der Waals surface area contributed by atoms with Gasteiger partial charge in [0.05, 0.1) is 11.7 Å². The van der Waals surface area contributed by atoms with E-state index in [1.807, 2.05) is 17.9 Å². The lowest BCUT2D eigenvalue weighted by atomic mass is 10.0. The van der Waals surface area contributed by atoms with Crippen molar-refractivity contribution in [2.75, 3.05) is 7.05 Å². The first-order valence-electron chi connectivity index (χ1n) is 6.12. The summed E-state index contributed by atoms with van der Waals surface area (Å²) in [7, 11) is 1.98. The van der Waals surface area contributed by atoms with E-state index in [0.29, 0.717) is 0 Å². The van der Waals surface area contributed by atoms with Gasteiger partial charge in [-0.25, -0.2) is 0 Å². The molecule has 0 fully saturated rings. The topological polar surface area (TPSA) is 29.9 Å². The highest BCUT2D eigenvalue weighted by Crippen LogP contribution is 2.26. The van der Waals surface area contributed by atoms with Crippen LogP contribution in [0.4, 0.5) is 0 Å². The van der Waals surface area contributed by atoms with Crippen molar-refractivity contribution in [1.29, 1.82) is 0 Å². The highest BCUT2D eigenvalue weighted by Gasteiger charge is 2.16. The number of hydrogen-bond acceptors (Lipinski definition) is 2. The molecule has 2 aromatic rings. The van der Waals surface area contributed by atoms with Crippen LogP contribution in [-0.2, 0) is 6.54 Å². The van der Waals surface area contributed by atoms with E-state index < -0.39 is 0 Å². The molecule has 0 aliphatic carbocycles. The molecule has 1 unspecified atom stereocenters. The molecule has 0 amide bonds. The molecule has 1 heterocycles. The molecule has 1 aromatic carbocycles. The lowest BCUT2D eigenvalue weighted by Crippen LogP contribution is -2.21. The third kappa shape index (κ3) is 2.49. The lowest BCUT2D eigenvalue weighted by Gasteiger charge is -2.18. The first-order valence-corrected chi connectivity index (χ1v) is 6.91. The van der Waals surface area contributed by atoms with Crippen molar-refractivity contribution in [1.82, 2.24) is 15.1 Å². The third-order valence-electron chi connectivity index (χ3n) is 3.16. The molecule has 2 rings (SSSR count). The molecule has 0 aliphatic heterocycles. The first kappa shape index (κ1) is 13.3. The van der Waals surface area contributed by atoms with E-state index >= 15 is 0 Å². The Morgan fingerprint density at radius 3 is 2.78 bits per heavy atom. The minimum absolute atomic E-state index is 0.171. The number of halogens is 1. The second-order valence-corrected chi connectivity index (χ2v) is 5.16. The van der Waals surface area contributed by atoms with Gasteiger partial charge in [-0.1, -0.05) is 28.1 Å². The quantitative estimate of drug-likeness (QED) is 0.939. The minimum atomic E-state index is 0.171. The van der Waals surface area contributed by atoms with Crippen molar-refractivity contribution in [3.05, 3.63) is 51.8 Å². The first-order chi connectivity index (χ1) is 8.67. The zero-order valence-corrected chi connectivity index (χ0v) is 12.5. The van der Waals surface area contributed by atoms with Gasteiger partial charge in [-0.2, -0.15) is 5.10 Å². The van der Waals surface area contributed by atoms with E-state index in [1.54, 1.807) is 0 Å². The Hall–Kier alpha value is -1.13.